The number of primary sulfonamides is 1. The Kier molecular flexibility index (Phi) is 5.40. The molecule has 2 heterocycles. The number of likely N-dealkylation sites (tertiary alicyclic amines) is 1. The topological polar surface area (TPSA) is 101 Å². The van der Waals surface area contributed by atoms with Crippen LogP contribution in [0.15, 0.2) is 59.1 Å². The van der Waals surface area contributed by atoms with Crippen LogP contribution in [0.25, 0.3) is 5.57 Å². The second-order valence-corrected chi connectivity index (χ2v) is 9.47. The predicted octanol–water partition coefficient (Wildman–Crippen LogP) is 2.49. The maximum Gasteiger partial charge on any atom is 0.282 e. The number of nitrogens with two attached hydrogens (primary N) is 1. The molecular weight excluding hydrogens is 421 g/mol. The Bertz CT molecular complexity index is 1170. The quantitative estimate of drug-likeness (QED) is 0.732. The van der Waals surface area contributed by atoms with Gasteiger partial charge in [-0.05, 0) is 60.7 Å². The van der Waals surface area contributed by atoms with Crippen molar-refractivity contribution in [1.29, 1.82) is 0 Å². The van der Waals surface area contributed by atoms with Gasteiger partial charge in [0.25, 0.3) is 11.8 Å². The molecule has 2 amide bonds. The molecule has 1 fully saturated rings. The number of imide groups is 1. The molecule has 0 spiro atoms. The van der Waals surface area contributed by atoms with Crippen molar-refractivity contribution in [2.75, 3.05) is 18.0 Å². The summed E-state index contributed by atoms with van der Waals surface area (Å²) in [5, 5.41) is 5.14. The van der Waals surface area contributed by atoms with Crippen LogP contribution in [0.3, 0.4) is 0 Å². The van der Waals surface area contributed by atoms with Crippen LogP contribution in [0.2, 0.25) is 0 Å². The maximum atomic E-state index is 13.5. The first-order valence-electron chi connectivity index (χ1n) is 9.93. The van der Waals surface area contributed by atoms with Gasteiger partial charge in [-0.25, -0.2) is 22.8 Å². The molecule has 2 aromatic carbocycles. The van der Waals surface area contributed by atoms with E-state index in [0.717, 1.165) is 17.7 Å². The highest BCUT2D eigenvalue weighted by molar-refractivity contribution is 7.89. The highest BCUT2D eigenvalue weighted by Crippen LogP contribution is 2.36. The number of piperidine rings is 1. The summed E-state index contributed by atoms with van der Waals surface area (Å²) in [5.74, 6) is -1.10. The molecule has 31 heavy (non-hydrogen) atoms. The van der Waals surface area contributed by atoms with E-state index in [2.05, 4.69) is 6.92 Å². The van der Waals surface area contributed by atoms with E-state index < -0.39 is 27.7 Å². The van der Waals surface area contributed by atoms with E-state index in [9.17, 15) is 22.4 Å². The van der Waals surface area contributed by atoms with Crippen LogP contribution in [0.5, 0.6) is 0 Å². The number of anilines is 1. The monoisotopic (exact) mass is 443 g/mol. The fraction of sp³-hybridized carbons (Fsp3) is 0.273. The molecule has 0 aromatic heterocycles. The van der Waals surface area contributed by atoms with Gasteiger partial charge in [0.15, 0.2) is 0 Å². The summed E-state index contributed by atoms with van der Waals surface area (Å²) in [6, 6.07) is 10.7. The molecule has 4 rings (SSSR count). The van der Waals surface area contributed by atoms with Crippen LogP contribution >= 0.6 is 0 Å². The van der Waals surface area contributed by atoms with Gasteiger partial charge in [0.1, 0.15) is 11.5 Å². The summed E-state index contributed by atoms with van der Waals surface area (Å²) in [6.07, 6.45) is 1.93. The molecule has 2 N–H and O–H groups in total. The van der Waals surface area contributed by atoms with Gasteiger partial charge < -0.3 is 4.90 Å². The normalized spacial score (nSPS) is 20.0. The summed E-state index contributed by atoms with van der Waals surface area (Å²) in [5.41, 5.74) is 1.20. The van der Waals surface area contributed by atoms with Gasteiger partial charge in [0.2, 0.25) is 10.0 Å². The van der Waals surface area contributed by atoms with E-state index >= 15 is 0 Å². The van der Waals surface area contributed by atoms with Crippen molar-refractivity contribution < 1.29 is 22.4 Å². The van der Waals surface area contributed by atoms with Crippen molar-refractivity contribution in [3.63, 3.8) is 0 Å². The minimum Gasteiger partial charge on any atom is -0.366 e. The predicted molar refractivity (Wildman–Crippen MR) is 114 cm³/mol. The molecule has 2 aliphatic heterocycles. The minimum absolute atomic E-state index is 0.118. The number of hydrogen-bond donors (Lipinski definition) is 1. The molecule has 7 nitrogen and oxygen atoms in total. The highest BCUT2D eigenvalue weighted by atomic mass is 32.2. The van der Waals surface area contributed by atoms with E-state index in [0.29, 0.717) is 30.3 Å². The fourth-order valence-corrected chi connectivity index (χ4v) is 4.62. The molecular formula is C22H22FN3O4S. The first kappa shape index (κ1) is 21.2. The van der Waals surface area contributed by atoms with Gasteiger partial charge in [-0.3, -0.25) is 9.59 Å². The van der Waals surface area contributed by atoms with Crippen LogP contribution in [0.1, 0.15) is 25.3 Å². The van der Waals surface area contributed by atoms with Gasteiger partial charge in [0, 0.05) is 13.1 Å². The SMILES string of the molecule is CC1CCCN(C2=C(c3ccc(F)cc3)C(=O)N(c3ccc(S(N)(=O)=O)cc3)C2=O)C1. The number of carbonyl (C=O) groups is 2. The number of halogens is 1. The average molecular weight is 444 g/mol. The van der Waals surface area contributed by atoms with Gasteiger partial charge in [-0.2, -0.15) is 0 Å². The number of rotatable bonds is 4. The largest absolute Gasteiger partial charge is 0.366 e. The number of amides is 2. The molecule has 0 radical (unpaired) electrons. The van der Waals surface area contributed by atoms with Gasteiger partial charge in [-0.1, -0.05) is 19.1 Å². The third-order valence-corrected chi connectivity index (χ3v) is 6.52. The Morgan fingerprint density at radius 2 is 1.65 bits per heavy atom. The molecule has 1 saturated heterocycles. The zero-order valence-corrected chi connectivity index (χ0v) is 17.7. The van der Waals surface area contributed by atoms with Crippen LogP contribution in [-0.4, -0.2) is 38.2 Å². The molecule has 0 aliphatic carbocycles. The molecule has 2 aromatic rings. The van der Waals surface area contributed by atoms with E-state index in [4.69, 9.17) is 5.14 Å². The number of nitrogens with zero attached hydrogens (tertiary/aromatic N) is 2. The van der Waals surface area contributed by atoms with E-state index in [1.165, 1.54) is 48.5 Å². The number of carbonyl (C=O) groups excluding carboxylic acids is 2. The summed E-state index contributed by atoms with van der Waals surface area (Å²) in [6.45, 7) is 3.37. The molecule has 1 atom stereocenters. The lowest BCUT2D eigenvalue weighted by molar-refractivity contribution is -0.120. The Balaban J connectivity index is 1.79. The van der Waals surface area contributed by atoms with Crippen molar-refractivity contribution in [2.45, 2.75) is 24.7 Å². The molecule has 162 valence electrons. The second kappa shape index (κ2) is 7.90. The highest BCUT2D eigenvalue weighted by Gasteiger charge is 2.43. The van der Waals surface area contributed by atoms with Gasteiger partial charge in [0.05, 0.1) is 16.2 Å². The van der Waals surface area contributed by atoms with Crippen molar-refractivity contribution in [2.24, 2.45) is 11.1 Å². The third kappa shape index (κ3) is 3.98. The summed E-state index contributed by atoms with van der Waals surface area (Å²) < 4.78 is 36.5. The Morgan fingerprint density at radius 1 is 1.00 bits per heavy atom. The number of hydrogen-bond acceptors (Lipinski definition) is 5. The first-order valence-corrected chi connectivity index (χ1v) is 11.5. The number of sulfonamides is 1. The van der Waals surface area contributed by atoms with E-state index in [1.54, 1.807) is 0 Å². The number of benzene rings is 2. The van der Waals surface area contributed by atoms with Crippen molar-refractivity contribution >= 4 is 33.1 Å². The molecule has 9 heteroatoms. The van der Waals surface area contributed by atoms with Crippen LogP contribution in [-0.2, 0) is 19.6 Å². The minimum atomic E-state index is -3.90. The third-order valence-electron chi connectivity index (χ3n) is 5.59. The summed E-state index contributed by atoms with van der Waals surface area (Å²) >= 11 is 0. The Morgan fingerprint density at radius 3 is 2.23 bits per heavy atom. The molecule has 2 aliphatic rings. The zero-order chi connectivity index (χ0) is 22.3. The Hall–Kier alpha value is -3.04. The molecule has 1 unspecified atom stereocenters. The van der Waals surface area contributed by atoms with E-state index in [1.807, 2.05) is 4.90 Å². The standard InChI is InChI=1S/C22H22FN3O4S/c1-14-3-2-12-25(13-14)20-19(15-4-6-16(23)7-5-15)21(27)26(22(20)28)17-8-10-18(11-9-17)31(24,29)30/h4-11,14H,2-3,12-13H2,1H3,(H2,24,29,30). The summed E-state index contributed by atoms with van der Waals surface area (Å²) in [7, 11) is -3.90. The lowest BCUT2D eigenvalue weighted by Crippen LogP contribution is -2.39. The second-order valence-electron chi connectivity index (χ2n) is 7.91. The lowest BCUT2D eigenvalue weighted by Gasteiger charge is -2.33. The molecule has 0 saturated carbocycles. The smallest absolute Gasteiger partial charge is 0.282 e. The van der Waals surface area contributed by atoms with Crippen molar-refractivity contribution in [3.8, 4) is 0 Å². The fourth-order valence-electron chi connectivity index (χ4n) is 4.10. The van der Waals surface area contributed by atoms with Crippen LogP contribution in [0, 0.1) is 11.7 Å². The molecule has 0 bridgehead atoms. The Labute approximate surface area is 180 Å². The average Bonchev–Trinajstić information content (AvgIpc) is 2.98. The maximum absolute atomic E-state index is 13.5. The van der Waals surface area contributed by atoms with Gasteiger partial charge in [-0.15, -0.1) is 0 Å². The van der Waals surface area contributed by atoms with Crippen molar-refractivity contribution in [1.82, 2.24) is 4.90 Å². The van der Waals surface area contributed by atoms with Crippen LogP contribution in [0.4, 0.5) is 10.1 Å². The van der Waals surface area contributed by atoms with Crippen LogP contribution < -0.4 is 10.0 Å². The van der Waals surface area contributed by atoms with Crippen molar-refractivity contribution in [3.05, 3.63) is 65.6 Å². The summed E-state index contributed by atoms with van der Waals surface area (Å²) in [4.78, 5) is 29.7. The zero-order valence-electron chi connectivity index (χ0n) is 16.9. The van der Waals surface area contributed by atoms with Gasteiger partial charge >= 0.3 is 0 Å². The van der Waals surface area contributed by atoms with E-state index in [-0.39, 0.29) is 16.2 Å². The lowest BCUT2D eigenvalue weighted by atomic mass is 9.98. The first-order chi connectivity index (χ1) is 14.7.